The summed E-state index contributed by atoms with van der Waals surface area (Å²) in [6, 6.07) is 1.99. The van der Waals surface area contributed by atoms with E-state index in [4.69, 9.17) is 10.4 Å². The van der Waals surface area contributed by atoms with Crippen molar-refractivity contribution in [3.8, 4) is 6.07 Å². The average Bonchev–Trinajstić information content (AvgIpc) is 2.02. The van der Waals surface area contributed by atoms with Crippen molar-refractivity contribution in [1.29, 1.82) is 5.26 Å². The molecule has 0 aliphatic rings. The number of hydrogen-bond donors (Lipinski definition) is 2. The molecule has 1 atom stereocenters. The van der Waals surface area contributed by atoms with E-state index in [-0.39, 0.29) is 18.4 Å². The van der Waals surface area contributed by atoms with Gasteiger partial charge in [-0.05, 0) is 26.2 Å². The number of hydrogen-bond acceptors (Lipinski definition) is 3. The molecule has 0 aromatic rings. The maximum absolute atomic E-state index is 11.7. The van der Waals surface area contributed by atoms with Crippen molar-refractivity contribution < 1.29 is 9.90 Å². The van der Waals surface area contributed by atoms with Crippen LogP contribution in [0.3, 0.4) is 0 Å². The molecule has 0 aliphatic heterocycles. The summed E-state index contributed by atoms with van der Waals surface area (Å²) in [5, 5.41) is 20.4. The SMILES string of the molecule is CC(C)C(C#N)C(=O)NC(C)(C)CCO. The number of nitriles is 1. The number of nitrogens with zero attached hydrogens (tertiary/aromatic N) is 1. The number of nitrogens with one attached hydrogen (secondary N) is 1. The van der Waals surface area contributed by atoms with Crippen LogP contribution in [0.1, 0.15) is 34.1 Å². The molecule has 0 radical (unpaired) electrons. The van der Waals surface area contributed by atoms with Crippen LogP contribution in [-0.2, 0) is 4.79 Å². The largest absolute Gasteiger partial charge is 0.396 e. The highest BCUT2D eigenvalue weighted by molar-refractivity contribution is 5.81. The van der Waals surface area contributed by atoms with Crippen LogP contribution in [0.4, 0.5) is 0 Å². The Labute approximate surface area is 91.3 Å². The molecule has 0 aromatic heterocycles. The molecule has 0 saturated carbocycles. The molecular weight excluding hydrogens is 192 g/mol. The Morgan fingerprint density at radius 3 is 2.40 bits per heavy atom. The van der Waals surface area contributed by atoms with Crippen LogP contribution in [0, 0.1) is 23.2 Å². The highest BCUT2D eigenvalue weighted by Crippen LogP contribution is 2.13. The molecule has 0 saturated heterocycles. The Hall–Kier alpha value is -1.08. The average molecular weight is 212 g/mol. The van der Waals surface area contributed by atoms with Crippen molar-refractivity contribution in [1.82, 2.24) is 5.32 Å². The zero-order valence-electron chi connectivity index (χ0n) is 9.87. The molecule has 2 N–H and O–H groups in total. The molecule has 1 unspecified atom stereocenters. The normalized spacial score (nSPS) is 13.4. The van der Waals surface area contributed by atoms with E-state index in [0.717, 1.165) is 0 Å². The number of aliphatic hydroxyl groups excluding tert-OH is 1. The first kappa shape index (κ1) is 13.9. The fourth-order valence-electron chi connectivity index (χ4n) is 1.26. The van der Waals surface area contributed by atoms with Gasteiger partial charge in [0.2, 0.25) is 5.91 Å². The summed E-state index contributed by atoms with van der Waals surface area (Å²) in [4.78, 5) is 11.7. The number of rotatable bonds is 5. The number of carbonyl (C=O) groups is 1. The zero-order valence-corrected chi connectivity index (χ0v) is 9.87. The third-order valence-electron chi connectivity index (χ3n) is 2.29. The molecule has 0 fully saturated rings. The lowest BCUT2D eigenvalue weighted by molar-refractivity contribution is -0.126. The van der Waals surface area contributed by atoms with Gasteiger partial charge in [-0.25, -0.2) is 0 Å². The van der Waals surface area contributed by atoms with Gasteiger partial charge in [0.05, 0.1) is 6.07 Å². The Morgan fingerprint density at radius 1 is 1.53 bits per heavy atom. The molecule has 15 heavy (non-hydrogen) atoms. The topological polar surface area (TPSA) is 73.1 Å². The van der Waals surface area contributed by atoms with Crippen molar-refractivity contribution in [2.45, 2.75) is 39.7 Å². The summed E-state index contributed by atoms with van der Waals surface area (Å²) in [7, 11) is 0. The Morgan fingerprint density at radius 2 is 2.07 bits per heavy atom. The Bertz CT molecular complexity index is 254. The summed E-state index contributed by atoms with van der Waals surface area (Å²) in [6.07, 6.45) is 0.481. The van der Waals surface area contributed by atoms with Gasteiger partial charge in [0, 0.05) is 12.1 Å². The molecule has 0 spiro atoms. The van der Waals surface area contributed by atoms with Crippen LogP contribution in [0.2, 0.25) is 0 Å². The van der Waals surface area contributed by atoms with E-state index in [1.165, 1.54) is 0 Å². The molecule has 4 nitrogen and oxygen atoms in total. The first-order valence-corrected chi connectivity index (χ1v) is 5.16. The monoisotopic (exact) mass is 212 g/mol. The minimum atomic E-state index is -0.622. The first-order chi connectivity index (χ1) is 6.84. The predicted octanol–water partition coefficient (Wildman–Crippen LogP) is 1.06. The van der Waals surface area contributed by atoms with E-state index < -0.39 is 11.5 Å². The van der Waals surface area contributed by atoms with Crippen molar-refractivity contribution in [2.75, 3.05) is 6.61 Å². The minimum absolute atomic E-state index is 0.0000680. The van der Waals surface area contributed by atoms with Gasteiger partial charge in [-0.15, -0.1) is 0 Å². The van der Waals surface area contributed by atoms with Crippen molar-refractivity contribution in [2.24, 2.45) is 11.8 Å². The second-order valence-electron chi connectivity index (χ2n) is 4.70. The van der Waals surface area contributed by atoms with Gasteiger partial charge in [0.15, 0.2) is 0 Å². The van der Waals surface area contributed by atoms with Crippen molar-refractivity contribution >= 4 is 5.91 Å². The van der Waals surface area contributed by atoms with Gasteiger partial charge in [0.25, 0.3) is 0 Å². The number of amides is 1. The second-order valence-corrected chi connectivity index (χ2v) is 4.70. The lowest BCUT2D eigenvalue weighted by Crippen LogP contribution is -2.47. The molecular formula is C11H20N2O2. The van der Waals surface area contributed by atoms with Gasteiger partial charge in [-0.1, -0.05) is 13.8 Å². The highest BCUT2D eigenvalue weighted by Gasteiger charge is 2.27. The summed E-state index contributed by atoms with van der Waals surface area (Å²) in [6.45, 7) is 7.36. The first-order valence-electron chi connectivity index (χ1n) is 5.16. The summed E-state index contributed by atoms with van der Waals surface area (Å²) < 4.78 is 0. The summed E-state index contributed by atoms with van der Waals surface area (Å²) >= 11 is 0. The van der Waals surface area contributed by atoms with E-state index >= 15 is 0 Å². The summed E-state index contributed by atoms with van der Waals surface area (Å²) in [5.74, 6) is -0.881. The molecule has 0 aromatic carbocycles. The minimum Gasteiger partial charge on any atom is -0.396 e. The zero-order chi connectivity index (χ0) is 12.1. The van der Waals surface area contributed by atoms with Crippen LogP contribution >= 0.6 is 0 Å². The van der Waals surface area contributed by atoms with E-state index in [1.807, 2.05) is 33.8 Å². The van der Waals surface area contributed by atoms with Crippen molar-refractivity contribution in [3.05, 3.63) is 0 Å². The van der Waals surface area contributed by atoms with Gasteiger partial charge >= 0.3 is 0 Å². The second kappa shape index (κ2) is 5.72. The Balaban J connectivity index is 4.42. The predicted molar refractivity (Wildman–Crippen MR) is 57.9 cm³/mol. The van der Waals surface area contributed by atoms with Crippen LogP contribution in [0.25, 0.3) is 0 Å². The van der Waals surface area contributed by atoms with Crippen LogP contribution in [0.5, 0.6) is 0 Å². The number of aliphatic hydroxyl groups is 1. The lowest BCUT2D eigenvalue weighted by atomic mass is 9.94. The quantitative estimate of drug-likeness (QED) is 0.715. The standard InChI is InChI=1S/C11H20N2O2/c1-8(2)9(7-12)10(15)13-11(3,4)5-6-14/h8-9,14H,5-6H2,1-4H3,(H,13,15). The number of carbonyl (C=O) groups excluding carboxylic acids is 1. The Kier molecular flexibility index (Phi) is 5.31. The van der Waals surface area contributed by atoms with Gasteiger partial charge in [-0.2, -0.15) is 5.26 Å². The molecule has 0 bridgehead atoms. The van der Waals surface area contributed by atoms with Crippen molar-refractivity contribution in [3.63, 3.8) is 0 Å². The maximum Gasteiger partial charge on any atom is 0.238 e. The van der Waals surface area contributed by atoms with E-state index in [2.05, 4.69) is 5.32 Å². The van der Waals surface area contributed by atoms with E-state index in [9.17, 15) is 4.79 Å². The van der Waals surface area contributed by atoms with E-state index in [0.29, 0.717) is 6.42 Å². The van der Waals surface area contributed by atoms with Gasteiger partial charge in [-0.3, -0.25) is 4.79 Å². The molecule has 0 aliphatic carbocycles. The fourth-order valence-corrected chi connectivity index (χ4v) is 1.26. The third kappa shape index (κ3) is 4.80. The molecule has 86 valence electrons. The molecule has 1 amide bonds. The van der Waals surface area contributed by atoms with Gasteiger partial charge in [0.1, 0.15) is 5.92 Å². The van der Waals surface area contributed by atoms with E-state index in [1.54, 1.807) is 0 Å². The molecule has 0 heterocycles. The molecule has 4 heteroatoms. The molecule has 0 rings (SSSR count). The summed E-state index contributed by atoms with van der Waals surface area (Å²) in [5.41, 5.74) is -0.462. The smallest absolute Gasteiger partial charge is 0.238 e. The van der Waals surface area contributed by atoms with Gasteiger partial charge < -0.3 is 10.4 Å². The van der Waals surface area contributed by atoms with Crippen LogP contribution in [-0.4, -0.2) is 23.2 Å². The van der Waals surface area contributed by atoms with Crippen LogP contribution in [0.15, 0.2) is 0 Å². The van der Waals surface area contributed by atoms with Crippen LogP contribution < -0.4 is 5.32 Å². The lowest BCUT2D eigenvalue weighted by Gasteiger charge is -2.27. The maximum atomic E-state index is 11.7. The fraction of sp³-hybridized carbons (Fsp3) is 0.818. The third-order valence-corrected chi connectivity index (χ3v) is 2.29. The highest BCUT2D eigenvalue weighted by atomic mass is 16.3.